The number of ether oxygens (including phenoxy) is 2. The molecule has 2 saturated heterocycles. The van der Waals surface area contributed by atoms with E-state index in [1.165, 1.54) is 23.4 Å². The molecule has 278 valence electrons. The Morgan fingerprint density at radius 2 is 1.87 bits per heavy atom. The number of halogens is 6. The van der Waals surface area contributed by atoms with Crippen molar-refractivity contribution >= 4 is 58.1 Å². The van der Waals surface area contributed by atoms with E-state index in [1.54, 1.807) is 45.8 Å². The number of hydrogen-bond acceptors (Lipinski definition) is 10. The van der Waals surface area contributed by atoms with Gasteiger partial charge in [-0.25, -0.2) is 19.2 Å². The smallest absolute Gasteiger partial charge is 0.476 e. The number of alkyl halides is 3. The first-order chi connectivity index (χ1) is 25.4. The maximum Gasteiger partial charge on any atom is 0.490 e. The fourth-order valence-corrected chi connectivity index (χ4v) is 6.76. The van der Waals surface area contributed by atoms with Crippen molar-refractivity contribution in [1.82, 2.24) is 29.5 Å². The van der Waals surface area contributed by atoms with Crippen LogP contribution in [0.5, 0.6) is 5.75 Å². The number of piperidine rings is 1. The summed E-state index contributed by atoms with van der Waals surface area (Å²) in [5, 5.41) is 14.8. The van der Waals surface area contributed by atoms with Crippen molar-refractivity contribution in [2.45, 2.75) is 25.1 Å². The van der Waals surface area contributed by atoms with Crippen molar-refractivity contribution < 1.29 is 41.4 Å². The summed E-state index contributed by atoms with van der Waals surface area (Å²) < 4.78 is 63.9. The summed E-state index contributed by atoms with van der Waals surface area (Å²) in [6.45, 7) is 0.448. The number of esters is 1. The molecule has 2 aromatic heterocycles. The molecule has 0 spiro atoms. The maximum absolute atomic E-state index is 14.9. The number of carbonyl (C=O) groups excluding carboxylic acids is 3. The van der Waals surface area contributed by atoms with E-state index in [2.05, 4.69) is 25.3 Å². The van der Waals surface area contributed by atoms with Crippen LogP contribution >= 0.6 is 23.2 Å². The van der Waals surface area contributed by atoms with Crippen molar-refractivity contribution in [3.05, 3.63) is 70.3 Å². The molecule has 4 heterocycles. The normalized spacial score (nSPS) is 16.7. The molecule has 2 aromatic carbocycles. The molecule has 2 aliphatic heterocycles. The highest BCUT2D eigenvalue weighted by Gasteiger charge is 2.42. The van der Waals surface area contributed by atoms with Crippen molar-refractivity contribution in [2.75, 3.05) is 51.3 Å². The van der Waals surface area contributed by atoms with Gasteiger partial charge in [0.15, 0.2) is 29.6 Å². The van der Waals surface area contributed by atoms with Gasteiger partial charge in [-0.2, -0.15) is 18.4 Å². The Balaban J connectivity index is 1.09. The number of carbonyl (C=O) groups is 3. The number of rotatable bonds is 9. The standard InChI is InChI=1S/C34H30Cl2F4N8O5/c35-24-15-20(45-29-30-44-17-25(48(30)13-9-43-29)23-3-4-26(52-14-7-41)28(37)27(23)36)1-2-22(24)32(50)46-10-5-19(6-11-46)31(49)47-12-8-42-16-21(47)18-53-33(51)34(38,39)40/h1-4,9,13,15,17,19,21,42H,5-6,8,10-12,14,16,18H2,(H,43,45). The van der Waals surface area contributed by atoms with Crippen LogP contribution in [0, 0.1) is 23.1 Å². The van der Waals surface area contributed by atoms with Crippen LogP contribution in [0.25, 0.3) is 16.9 Å². The molecule has 0 radical (unpaired) electrons. The molecule has 1 unspecified atom stereocenters. The van der Waals surface area contributed by atoms with Gasteiger partial charge in [0.2, 0.25) is 5.91 Å². The zero-order valence-electron chi connectivity index (χ0n) is 27.6. The van der Waals surface area contributed by atoms with Gasteiger partial charge in [-0.15, -0.1) is 0 Å². The van der Waals surface area contributed by atoms with Gasteiger partial charge >= 0.3 is 12.1 Å². The Labute approximate surface area is 309 Å². The van der Waals surface area contributed by atoms with Gasteiger partial charge in [0.1, 0.15) is 12.7 Å². The van der Waals surface area contributed by atoms with Crippen LogP contribution < -0.4 is 15.4 Å². The Kier molecular flexibility index (Phi) is 11.2. The first kappa shape index (κ1) is 37.6. The molecule has 6 rings (SSSR count). The van der Waals surface area contributed by atoms with Crippen LogP contribution in [0.4, 0.5) is 29.1 Å². The SMILES string of the molecule is N#CCOc1ccc(-c2cnc3c(Nc4ccc(C(=O)N5CCC(C(=O)N6CCNCC6COC(=O)C(F)(F)F)CC5)c(Cl)c4)nccn23)c(Cl)c1F. The molecule has 2 aliphatic rings. The molecule has 53 heavy (non-hydrogen) atoms. The van der Waals surface area contributed by atoms with Crippen molar-refractivity contribution in [3.63, 3.8) is 0 Å². The van der Waals surface area contributed by atoms with E-state index in [4.69, 9.17) is 33.2 Å². The molecular weight excluding hydrogens is 747 g/mol. The number of fused-ring (bicyclic) bond motifs is 1. The van der Waals surface area contributed by atoms with Gasteiger partial charge in [0, 0.05) is 62.3 Å². The summed E-state index contributed by atoms with van der Waals surface area (Å²) in [4.78, 5) is 49.9. The fraction of sp³-hybridized carbons (Fsp3) is 0.353. The lowest BCUT2D eigenvalue weighted by atomic mass is 9.93. The summed E-state index contributed by atoms with van der Waals surface area (Å²) in [6, 6.07) is 8.72. The maximum atomic E-state index is 14.9. The minimum absolute atomic E-state index is 0.157. The number of nitrogens with zero attached hydrogens (tertiary/aromatic N) is 6. The van der Waals surface area contributed by atoms with Crippen LogP contribution in [0.15, 0.2) is 48.9 Å². The highest BCUT2D eigenvalue weighted by molar-refractivity contribution is 6.34. The third-order valence-corrected chi connectivity index (χ3v) is 9.59. The van der Waals surface area contributed by atoms with Gasteiger partial charge < -0.3 is 29.9 Å². The van der Waals surface area contributed by atoms with E-state index >= 15 is 0 Å². The molecule has 4 aromatic rings. The number of nitriles is 1. The average Bonchev–Trinajstić information content (AvgIpc) is 3.58. The topological polar surface area (TPSA) is 154 Å². The summed E-state index contributed by atoms with van der Waals surface area (Å²) in [5.41, 5.74) is 1.91. The Bertz CT molecular complexity index is 2080. The molecule has 2 fully saturated rings. The van der Waals surface area contributed by atoms with Gasteiger partial charge in [-0.3, -0.25) is 14.0 Å². The largest absolute Gasteiger partial charge is 0.490 e. The number of hydrogen-bond donors (Lipinski definition) is 2. The van der Waals surface area contributed by atoms with Gasteiger partial charge in [-0.1, -0.05) is 23.2 Å². The third kappa shape index (κ3) is 8.09. The number of imidazole rings is 1. The van der Waals surface area contributed by atoms with Crippen molar-refractivity contribution in [3.8, 4) is 23.1 Å². The van der Waals surface area contributed by atoms with E-state index in [1.807, 2.05) is 0 Å². The molecule has 13 nitrogen and oxygen atoms in total. The molecule has 19 heteroatoms. The molecular formula is C34H30Cl2F4N8O5. The van der Waals surface area contributed by atoms with Crippen LogP contribution in [-0.4, -0.2) is 100 Å². The Morgan fingerprint density at radius 1 is 1.09 bits per heavy atom. The summed E-state index contributed by atoms with van der Waals surface area (Å²) in [6.07, 6.45) is 0.174. The van der Waals surface area contributed by atoms with Crippen LogP contribution in [-0.2, 0) is 14.3 Å². The second kappa shape index (κ2) is 15.8. The zero-order chi connectivity index (χ0) is 37.9. The van der Waals surface area contributed by atoms with E-state index in [-0.39, 0.29) is 66.0 Å². The highest BCUT2D eigenvalue weighted by Crippen LogP contribution is 2.36. The molecule has 1 atom stereocenters. The number of piperazine rings is 1. The fourth-order valence-electron chi connectivity index (χ4n) is 6.25. The third-order valence-electron chi connectivity index (χ3n) is 8.91. The van der Waals surface area contributed by atoms with E-state index < -0.39 is 36.5 Å². The average molecular weight is 778 g/mol. The predicted molar refractivity (Wildman–Crippen MR) is 183 cm³/mol. The lowest BCUT2D eigenvalue weighted by Crippen LogP contribution is -2.58. The van der Waals surface area contributed by atoms with Crippen molar-refractivity contribution in [2.24, 2.45) is 5.92 Å². The van der Waals surface area contributed by atoms with Crippen molar-refractivity contribution in [1.29, 1.82) is 5.26 Å². The Hall–Kier alpha value is -5.18. The van der Waals surface area contributed by atoms with Crippen LogP contribution in [0.3, 0.4) is 0 Å². The van der Waals surface area contributed by atoms with Crippen LogP contribution in [0.1, 0.15) is 23.2 Å². The van der Waals surface area contributed by atoms with Gasteiger partial charge in [0.25, 0.3) is 5.91 Å². The number of benzene rings is 2. The summed E-state index contributed by atoms with van der Waals surface area (Å²) >= 11 is 12.9. The first-order valence-corrected chi connectivity index (χ1v) is 17.0. The summed E-state index contributed by atoms with van der Waals surface area (Å²) in [5.74, 6) is -4.01. The molecule has 0 bridgehead atoms. The Morgan fingerprint density at radius 3 is 2.58 bits per heavy atom. The number of likely N-dealkylation sites (tertiary alicyclic amines) is 1. The van der Waals surface area contributed by atoms with E-state index in [0.717, 1.165) is 0 Å². The van der Waals surface area contributed by atoms with Gasteiger partial charge in [-0.05, 0) is 43.2 Å². The van der Waals surface area contributed by atoms with Crippen LogP contribution in [0.2, 0.25) is 10.0 Å². The number of aromatic nitrogens is 3. The quantitative estimate of drug-likeness (QED) is 0.170. The lowest BCUT2D eigenvalue weighted by molar-refractivity contribution is -0.201. The highest BCUT2D eigenvalue weighted by atomic mass is 35.5. The second-order valence-corrected chi connectivity index (χ2v) is 13.0. The molecule has 0 aliphatic carbocycles. The zero-order valence-corrected chi connectivity index (χ0v) is 29.1. The van der Waals surface area contributed by atoms with E-state index in [9.17, 15) is 31.9 Å². The second-order valence-electron chi connectivity index (χ2n) is 12.2. The van der Waals surface area contributed by atoms with E-state index in [0.29, 0.717) is 47.8 Å². The molecule has 0 saturated carbocycles. The summed E-state index contributed by atoms with van der Waals surface area (Å²) in [7, 11) is 0. The predicted octanol–water partition coefficient (Wildman–Crippen LogP) is 5.25. The minimum atomic E-state index is -5.13. The lowest BCUT2D eigenvalue weighted by Gasteiger charge is -2.40. The number of amides is 2. The van der Waals surface area contributed by atoms with Gasteiger partial charge in [0.05, 0.1) is 33.5 Å². The molecule has 2 N–H and O–H groups in total. The first-order valence-electron chi connectivity index (χ1n) is 16.3. The minimum Gasteiger partial charge on any atom is -0.476 e. The number of nitrogens with one attached hydrogen (secondary N) is 2. The molecule has 2 amide bonds. The number of anilines is 2. The monoisotopic (exact) mass is 776 g/mol.